The van der Waals surface area contributed by atoms with Gasteiger partial charge in [-0.3, -0.25) is 9.59 Å². The fourth-order valence-electron chi connectivity index (χ4n) is 1.52. The minimum absolute atomic E-state index is 0.0461. The van der Waals surface area contributed by atoms with Crippen molar-refractivity contribution in [2.24, 2.45) is 0 Å². The largest absolute Gasteiger partial charge is 0.339 e. The second-order valence-corrected chi connectivity index (χ2v) is 3.32. The number of allylic oxidation sites excluding steroid dienone is 2. The Morgan fingerprint density at radius 1 is 1.31 bits per heavy atom. The molecule has 0 radical (unpaired) electrons. The highest BCUT2D eigenvalue weighted by atomic mass is 16.2. The molecule has 4 nitrogen and oxygen atoms in total. The number of hydrogen-bond donors (Lipinski definition) is 2. The molecule has 1 unspecified atom stereocenters. The van der Waals surface area contributed by atoms with E-state index in [1.165, 1.54) is 5.57 Å². The van der Waals surface area contributed by atoms with Crippen molar-refractivity contribution in [3.63, 3.8) is 0 Å². The molecule has 1 fully saturated rings. The van der Waals surface area contributed by atoms with Crippen LogP contribution in [0.2, 0.25) is 0 Å². The maximum atomic E-state index is 11.0. The summed E-state index contributed by atoms with van der Waals surface area (Å²) in [5, 5.41) is 5.19. The van der Waals surface area contributed by atoms with E-state index in [4.69, 9.17) is 0 Å². The van der Waals surface area contributed by atoms with Crippen LogP contribution in [0.25, 0.3) is 0 Å². The van der Waals surface area contributed by atoms with Crippen molar-refractivity contribution in [3.8, 4) is 0 Å². The van der Waals surface area contributed by atoms with Gasteiger partial charge in [0.05, 0.1) is 6.04 Å². The minimum atomic E-state index is -0.574. The van der Waals surface area contributed by atoms with Crippen molar-refractivity contribution in [1.82, 2.24) is 10.6 Å². The molecule has 0 aromatic heterocycles. The monoisotopic (exact) mass is 178 g/mol. The summed E-state index contributed by atoms with van der Waals surface area (Å²) in [6.45, 7) is 2.00. The van der Waals surface area contributed by atoms with Gasteiger partial charge in [-0.2, -0.15) is 0 Å². The summed E-state index contributed by atoms with van der Waals surface area (Å²) in [5.74, 6) is -1.12. The Bertz CT molecular complexity index is 342. The first-order chi connectivity index (χ1) is 6.16. The van der Waals surface area contributed by atoms with Gasteiger partial charge in [-0.1, -0.05) is 11.6 Å². The van der Waals surface area contributed by atoms with Crippen LogP contribution in [0.1, 0.15) is 13.3 Å². The Morgan fingerprint density at radius 3 is 2.85 bits per heavy atom. The van der Waals surface area contributed by atoms with Gasteiger partial charge in [0, 0.05) is 5.70 Å². The van der Waals surface area contributed by atoms with Gasteiger partial charge in [-0.25, -0.2) is 0 Å². The number of piperazine rings is 1. The van der Waals surface area contributed by atoms with E-state index in [-0.39, 0.29) is 6.04 Å². The molecule has 2 N–H and O–H groups in total. The summed E-state index contributed by atoms with van der Waals surface area (Å²) in [4.78, 5) is 21.9. The molecule has 68 valence electrons. The molecule has 1 aliphatic carbocycles. The number of nitrogens with one attached hydrogen (secondary N) is 2. The van der Waals surface area contributed by atoms with Gasteiger partial charge in [0.2, 0.25) is 0 Å². The third-order valence-electron chi connectivity index (χ3n) is 2.22. The number of hydrogen-bond acceptors (Lipinski definition) is 2. The molecule has 2 rings (SSSR count). The van der Waals surface area contributed by atoms with Crippen molar-refractivity contribution in [2.45, 2.75) is 19.4 Å². The highest BCUT2D eigenvalue weighted by Crippen LogP contribution is 2.18. The van der Waals surface area contributed by atoms with E-state index in [0.717, 1.165) is 12.1 Å². The SMILES string of the molecule is CC1=CC=C2NC(=O)C(=O)NC2C1. The predicted molar refractivity (Wildman–Crippen MR) is 46.5 cm³/mol. The van der Waals surface area contributed by atoms with Gasteiger partial charge in [-0.05, 0) is 19.4 Å². The fourth-order valence-corrected chi connectivity index (χ4v) is 1.52. The molecule has 0 spiro atoms. The maximum absolute atomic E-state index is 11.0. The zero-order chi connectivity index (χ0) is 9.42. The summed E-state index contributed by atoms with van der Waals surface area (Å²) in [6.07, 6.45) is 4.56. The normalized spacial score (nSPS) is 26.7. The average Bonchev–Trinajstić information content (AvgIpc) is 2.08. The highest BCUT2D eigenvalue weighted by Gasteiger charge is 2.30. The molecule has 0 aromatic carbocycles. The Morgan fingerprint density at radius 2 is 2.08 bits per heavy atom. The Balaban J connectivity index is 2.26. The van der Waals surface area contributed by atoms with Crippen LogP contribution in [-0.4, -0.2) is 17.9 Å². The number of fused-ring (bicyclic) bond motifs is 1. The van der Waals surface area contributed by atoms with Crippen LogP contribution in [0, 0.1) is 0 Å². The van der Waals surface area contributed by atoms with Gasteiger partial charge < -0.3 is 10.6 Å². The van der Waals surface area contributed by atoms with Gasteiger partial charge in [0.25, 0.3) is 0 Å². The molecule has 0 saturated carbocycles. The molecule has 4 heteroatoms. The topological polar surface area (TPSA) is 58.2 Å². The maximum Gasteiger partial charge on any atom is 0.313 e. The van der Waals surface area contributed by atoms with E-state index in [2.05, 4.69) is 10.6 Å². The van der Waals surface area contributed by atoms with Gasteiger partial charge in [0.1, 0.15) is 0 Å². The van der Waals surface area contributed by atoms with Crippen LogP contribution in [0.15, 0.2) is 23.4 Å². The Hall–Kier alpha value is -1.58. The van der Waals surface area contributed by atoms with Crippen molar-refractivity contribution >= 4 is 11.8 Å². The number of amides is 2. The van der Waals surface area contributed by atoms with Crippen LogP contribution in [-0.2, 0) is 9.59 Å². The van der Waals surface area contributed by atoms with Crippen molar-refractivity contribution in [2.75, 3.05) is 0 Å². The lowest BCUT2D eigenvalue weighted by molar-refractivity contribution is -0.140. The molecule has 2 aliphatic rings. The summed E-state index contributed by atoms with van der Waals surface area (Å²) < 4.78 is 0. The molecular formula is C9H10N2O2. The van der Waals surface area contributed by atoms with E-state index in [0.29, 0.717) is 0 Å². The smallest absolute Gasteiger partial charge is 0.313 e. The lowest BCUT2D eigenvalue weighted by Crippen LogP contribution is -2.54. The quantitative estimate of drug-likeness (QED) is 0.506. The van der Waals surface area contributed by atoms with Crippen LogP contribution in [0.5, 0.6) is 0 Å². The van der Waals surface area contributed by atoms with E-state index in [1.54, 1.807) is 0 Å². The second kappa shape index (κ2) is 2.73. The third kappa shape index (κ3) is 1.35. The molecule has 0 aromatic rings. The van der Waals surface area contributed by atoms with Crippen LogP contribution >= 0.6 is 0 Å². The van der Waals surface area contributed by atoms with E-state index in [1.807, 2.05) is 19.1 Å². The lowest BCUT2D eigenvalue weighted by Gasteiger charge is -2.28. The molecule has 1 aliphatic heterocycles. The van der Waals surface area contributed by atoms with Crippen LogP contribution in [0.4, 0.5) is 0 Å². The summed E-state index contributed by atoms with van der Waals surface area (Å²) in [5.41, 5.74) is 1.99. The summed E-state index contributed by atoms with van der Waals surface area (Å²) in [6, 6.07) is -0.0461. The molecule has 13 heavy (non-hydrogen) atoms. The Labute approximate surface area is 75.7 Å². The third-order valence-corrected chi connectivity index (χ3v) is 2.22. The first-order valence-corrected chi connectivity index (χ1v) is 4.16. The zero-order valence-corrected chi connectivity index (χ0v) is 7.26. The van der Waals surface area contributed by atoms with Crippen molar-refractivity contribution in [1.29, 1.82) is 0 Å². The van der Waals surface area contributed by atoms with Crippen LogP contribution < -0.4 is 10.6 Å². The second-order valence-electron chi connectivity index (χ2n) is 3.32. The number of rotatable bonds is 0. The molecule has 1 atom stereocenters. The average molecular weight is 178 g/mol. The molecule has 1 saturated heterocycles. The van der Waals surface area contributed by atoms with Crippen LogP contribution in [0.3, 0.4) is 0 Å². The Kier molecular flexibility index (Phi) is 1.69. The summed E-state index contributed by atoms with van der Waals surface area (Å²) in [7, 11) is 0. The van der Waals surface area contributed by atoms with Crippen molar-refractivity contribution in [3.05, 3.63) is 23.4 Å². The first-order valence-electron chi connectivity index (χ1n) is 4.16. The fraction of sp³-hybridized carbons (Fsp3) is 0.333. The van der Waals surface area contributed by atoms with E-state index in [9.17, 15) is 9.59 Å². The lowest BCUT2D eigenvalue weighted by atomic mass is 9.97. The van der Waals surface area contributed by atoms with Gasteiger partial charge in [-0.15, -0.1) is 0 Å². The minimum Gasteiger partial charge on any atom is -0.339 e. The first kappa shape index (κ1) is 8.04. The molecule has 1 heterocycles. The molecular weight excluding hydrogens is 168 g/mol. The highest BCUT2D eigenvalue weighted by molar-refractivity contribution is 6.36. The zero-order valence-electron chi connectivity index (χ0n) is 7.26. The number of carbonyl (C=O) groups excluding carboxylic acids is 2. The van der Waals surface area contributed by atoms with Crippen molar-refractivity contribution < 1.29 is 9.59 Å². The standard InChI is InChI=1S/C9H10N2O2/c1-5-2-3-6-7(4-5)11-9(13)8(12)10-6/h2-3,7H,4H2,1H3,(H,10,12)(H,11,13). The summed E-state index contributed by atoms with van der Waals surface area (Å²) >= 11 is 0. The van der Waals surface area contributed by atoms with Gasteiger partial charge >= 0.3 is 11.8 Å². The molecule has 2 amide bonds. The van der Waals surface area contributed by atoms with E-state index < -0.39 is 11.8 Å². The number of carbonyl (C=O) groups is 2. The molecule has 0 bridgehead atoms. The predicted octanol–water partition coefficient (Wildman–Crippen LogP) is -0.165. The van der Waals surface area contributed by atoms with E-state index >= 15 is 0 Å². The van der Waals surface area contributed by atoms with Gasteiger partial charge in [0.15, 0.2) is 0 Å².